The van der Waals surface area contributed by atoms with Crippen LogP contribution in [0, 0.1) is 0 Å². The fourth-order valence-electron chi connectivity index (χ4n) is 2.02. The predicted molar refractivity (Wildman–Crippen MR) is 86.4 cm³/mol. The number of imidazole rings is 1. The van der Waals surface area contributed by atoms with Gasteiger partial charge in [-0.15, -0.1) is 0 Å². The molecule has 0 amide bonds. The van der Waals surface area contributed by atoms with Crippen LogP contribution in [-0.4, -0.2) is 31.8 Å². The number of nitrogens with zero attached hydrogens (tertiary/aromatic N) is 2. The van der Waals surface area contributed by atoms with Gasteiger partial charge in [0, 0.05) is 5.69 Å². The standard InChI is InChI=1S/C15H24N6/c1-19(2)10-9-16-13-5-7-14(8-6-13)17-18-15-20(3)11-12-21(15)4/h5-8,11-12,16-17H,9-10H2,1-4H3/p+2. The average Bonchev–Trinajstić information content (AvgIpc) is 2.77. The van der Waals surface area contributed by atoms with Crippen molar-refractivity contribution in [2.75, 3.05) is 43.4 Å². The van der Waals surface area contributed by atoms with E-state index >= 15 is 0 Å². The number of quaternary nitrogens is 1. The quantitative estimate of drug-likeness (QED) is 0.424. The van der Waals surface area contributed by atoms with Gasteiger partial charge in [-0.05, 0) is 24.3 Å². The number of hydrogen-bond acceptors (Lipinski definition) is 3. The van der Waals surface area contributed by atoms with E-state index in [4.69, 9.17) is 0 Å². The zero-order valence-corrected chi connectivity index (χ0v) is 13.3. The molecule has 0 aliphatic rings. The summed E-state index contributed by atoms with van der Waals surface area (Å²) in [6, 6.07) is 8.28. The van der Waals surface area contributed by atoms with Gasteiger partial charge in [0.15, 0.2) is 0 Å². The Balaban J connectivity index is 1.85. The smallest absolute Gasteiger partial charge is 0.378 e. The largest absolute Gasteiger partial charge is 0.379 e. The molecule has 0 spiro atoms. The Bertz CT molecular complexity index is 539. The van der Waals surface area contributed by atoms with Gasteiger partial charge in [0.2, 0.25) is 0 Å². The van der Waals surface area contributed by atoms with Crippen LogP contribution in [0.5, 0.6) is 0 Å². The first kappa shape index (κ1) is 15.2. The molecule has 1 aromatic heterocycles. The normalized spacial score (nSPS) is 10.7. The van der Waals surface area contributed by atoms with Crippen LogP contribution in [0.15, 0.2) is 36.7 Å². The molecule has 2 rings (SSSR count). The number of hydrogen-bond donors (Lipinski definition) is 4. The molecule has 6 heteroatoms. The topological polar surface area (TPSA) is 49.3 Å². The van der Waals surface area contributed by atoms with E-state index in [0.29, 0.717) is 0 Å². The van der Waals surface area contributed by atoms with Gasteiger partial charge >= 0.3 is 5.95 Å². The number of rotatable bonds is 7. The Morgan fingerprint density at radius 3 is 2.33 bits per heavy atom. The van der Waals surface area contributed by atoms with E-state index in [9.17, 15) is 0 Å². The summed E-state index contributed by atoms with van der Waals surface area (Å²) >= 11 is 0. The second-order valence-corrected chi connectivity index (χ2v) is 5.55. The molecule has 4 N–H and O–H groups in total. The van der Waals surface area contributed by atoms with Crippen molar-refractivity contribution < 1.29 is 9.47 Å². The molecule has 0 unspecified atom stereocenters. The number of nitrogens with one attached hydrogen (secondary N) is 4. The van der Waals surface area contributed by atoms with Crippen LogP contribution in [0.3, 0.4) is 0 Å². The Hall–Kier alpha value is -2.21. The van der Waals surface area contributed by atoms with Crippen LogP contribution in [0.25, 0.3) is 0 Å². The summed E-state index contributed by atoms with van der Waals surface area (Å²) in [6.45, 7) is 2.08. The molecule has 0 aliphatic carbocycles. The maximum absolute atomic E-state index is 3.41. The Kier molecular flexibility index (Phi) is 5.05. The SMILES string of the molecule is Cn1cc[n+](C)c1NNc1ccc(NCC[NH+](C)C)cc1. The number of anilines is 3. The zero-order chi connectivity index (χ0) is 15.2. The lowest BCUT2D eigenvalue weighted by Gasteiger charge is -2.10. The van der Waals surface area contributed by atoms with Crippen molar-refractivity contribution in [1.82, 2.24) is 4.57 Å². The van der Waals surface area contributed by atoms with Crippen molar-refractivity contribution in [3.05, 3.63) is 36.7 Å². The molecule has 1 aromatic carbocycles. The van der Waals surface area contributed by atoms with Crippen molar-refractivity contribution in [2.45, 2.75) is 0 Å². The summed E-state index contributed by atoms with van der Waals surface area (Å²) in [6.07, 6.45) is 4.01. The minimum absolute atomic E-state index is 0.979. The summed E-state index contributed by atoms with van der Waals surface area (Å²) in [5.74, 6) is 0.992. The van der Waals surface area contributed by atoms with Crippen LogP contribution in [0.4, 0.5) is 17.3 Å². The first-order valence-electron chi connectivity index (χ1n) is 7.22. The number of benzene rings is 1. The molecule has 0 saturated heterocycles. The van der Waals surface area contributed by atoms with Gasteiger partial charge in [0.1, 0.15) is 0 Å². The lowest BCUT2D eigenvalue weighted by molar-refractivity contribution is -0.856. The van der Waals surface area contributed by atoms with E-state index in [1.807, 2.05) is 35.6 Å². The predicted octanol–water partition coefficient (Wildman–Crippen LogP) is -0.155. The van der Waals surface area contributed by atoms with E-state index in [-0.39, 0.29) is 0 Å². The summed E-state index contributed by atoms with van der Waals surface area (Å²) in [5, 5.41) is 3.41. The summed E-state index contributed by atoms with van der Waals surface area (Å²) < 4.78 is 4.04. The zero-order valence-electron chi connectivity index (χ0n) is 13.3. The van der Waals surface area contributed by atoms with Crippen LogP contribution in [0.1, 0.15) is 0 Å². The van der Waals surface area contributed by atoms with Crippen molar-refractivity contribution in [1.29, 1.82) is 0 Å². The molecule has 0 aliphatic heterocycles. The second-order valence-electron chi connectivity index (χ2n) is 5.55. The Labute approximate surface area is 126 Å². The number of hydrazine groups is 1. The lowest BCUT2D eigenvalue weighted by Crippen LogP contribution is -3.06. The van der Waals surface area contributed by atoms with Crippen LogP contribution < -0.4 is 25.6 Å². The van der Waals surface area contributed by atoms with Crippen molar-refractivity contribution in [2.24, 2.45) is 14.1 Å². The lowest BCUT2D eigenvalue weighted by atomic mass is 10.3. The Morgan fingerprint density at radius 1 is 1.10 bits per heavy atom. The van der Waals surface area contributed by atoms with Crippen LogP contribution >= 0.6 is 0 Å². The number of aryl methyl sites for hydroxylation is 2. The third kappa shape index (κ3) is 4.39. The molecule has 21 heavy (non-hydrogen) atoms. The van der Waals surface area contributed by atoms with Crippen molar-refractivity contribution in [3.8, 4) is 0 Å². The second kappa shape index (κ2) is 6.99. The number of likely N-dealkylation sites (N-methyl/N-ethyl adjacent to an activating group) is 1. The fourth-order valence-corrected chi connectivity index (χ4v) is 2.02. The summed E-state index contributed by atoms with van der Waals surface area (Å²) in [7, 11) is 8.32. The molecule has 0 bridgehead atoms. The highest BCUT2D eigenvalue weighted by atomic mass is 15.4. The van der Waals surface area contributed by atoms with Crippen LogP contribution in [-0.2, 0) is 14.1 Å². The van der Waals surface area contributed by atoms with E-state index in [1.165, 1.54) is 4.90 Å². The monoisotopic (exact) mass is 290 g/mol. The molecule has 0 atom stereocenters. The molecule has 114 valence electrons. The van der Waals surface area contributed by atoms with Gasteiger partial charge < -0.3 is 10.2 Å². The maximum atomic E-state index is 3.41. The molecule has 1 heterocycles. The van der Waals surface area contributed by atoms with Crippen molar-refractivity contribution in [3.63, 3.8) is 0 Å². The molecular formula is C15H26N6+2. The van der Waals surface area contributed by atoms with E-state index in [2.05, 4.69) is 54.5 Å². The average molecular weight is 290 g/mol. The number of aromatic nitrogens is 2. The highest BCUT2D eigenvalue weighted by Crippen LogP contribution is 2.13. The molecule has 0 fully saturated rings. The first-order valence-corrected chi connectivity index (χ1v) is 7.22. The van der Waals surface area contributed by atoms with Gasteiger partial charge in [-0.1, -0.05) is 0 Å². The summed E-state index contributed by atoms with van der Waals surface area (Å²) in [4.78, 5) is 1.44. The fraction of sp³-hybridized carbons (Fsp3) is 0.400. The highest BCUT2D eigenvalue weighted by Gasteiger charge is 2.09. The van der Waals surface area contributed by atoms with E-state index in [1.54, 1.807) is 0 Å². The van der Waals surface area contributed by atoms with Gasteiger partial charge in [-0.2, -0.15) is 5.43 Å². The summed E-state index contributed by atoms with van der Waals surface area (Å²) in [5.41, 5.74) is 8.59. The minimum Gasteiger partial charge on any atom is -0.379 e. The van der Waals surface area contributed by atoms with Crippen molar-refractivity contribution >= 4 is 17.3 Å². The molecular weight excluding hydrogens is 264 g/mol. The molecule has 0 saturated carbocycles. The highest BCUT2D eigenvalue weighted by molar-refractivity contribution is 5.55. The van der Waals surface area contributed by atoms with E-state index in [0.717, 1.165) is 30.4 Å². The maximum Gasteiger partial charge on any atom is 0.378 e. The van der Waals surface area contributed by atoms with Crippen LogP contribution in [0.2, 0.25) is 0 Å². The van der Waals surface area contributed by atoms with Gasteiger partial charge in [-0.25, -0.2) is 9.13 Å². The molecule has 0 radical (unpaired) electrons. The molecule has 2 aromatic rings. The van der Waals surface area contributed by atoms with Gasteiger partial charge in [-0.3, -0.25) is 5.43 Å². The minimum atomic E-state index is 0.979. The third-order valence-electron chi connectivity index (χ3n) is 3.34. The third-order valence-corrected chi connectivity index (χ3v) is 3.34. The van der Waals surface area contributed by atoms with Gasteiger partial charge in [0.05, 0.1) is 59.4 Å². The Morgan fingerprint density at radius 2 is 1.76 bits per heavy atom. The molecule has 6 nitrogen and oxygen atoms in total. The van der Waals surface area contributed by atoms with Gasteiger partial charge in [0.25, 0.3) is 0 Å². The van der Waals surface area contributed by atoms with E-state index < -0.39 is 0 Å². The first-order chi connectivity index (χ1) is 10.1.